The van der Waals surface area contributed by atoms with Gasteiger partial charge in [-0.25, -0.2) is 0 Å². The molecule has 0 bridgehead atoms. The van der Waals surface area contributed by atoms with Crippen molar-refractivity contribution in [2.75, 3.05) is 39.3 Å². The van der Waals surface area contributed by atoms with Gasteiger partial charge in [0.05, 0.1) is 0 Å². The number of likely N-dealkylation sites (tertiary alicyclic amines) is 2. The maximum absolute atomic E-state index is 6.00. The second-order valence-corrected chi connectivity index (χ2v) is 5.19. The molecular formula is C13H26N4. The van der Waals surface area contributed by atoms with Crippen molar-refractivity contribution in [3.63, 3.8) is 0 Å². The summed E-state index contributed by atoms with van der Waals surface area (Å²) >= 11 is 0. The first kappa shape index (κ1) is 12.7. The Labute approximate surface area is 105 Å². The van der Waals surface area contributed by atoms with Crippen LogP contribution in [0.3, 0.4) is 0 Å². The van der Waals surface area contributed by atoms with Crippen molar-refractivity contribution in [3.05, 3.63) is 0 Å². The Bertz CT molecular complexity index is 240. The molecule has 0 aromatic rings. The quantitative estimate of drug-likeness (QED) is 0.456. The van der Waals surface area contributed by atoms with Crippen LogP contribution in [0.25, 0.3) is 0 Å². The van der Waals surface area contributed by atoms with Crippen LogP contribution in [0, 0.1) is 0 Å². The fraction of sp³-hybridized carbons (Fsp3) is 0.923. The molecule has 2 aliphatic heterocycles. The summed E-state index contributed by atoms with van der Waals surface area (Å²) in [6.07, 6.45) is 7.78. The molecule has 0 atom stereocenters. The van der Waals surface area contributed by atoms with Gasteiger partial charge in [0.15, 0.2) is 5.96 Å². The molecule has 2 saturated heterocycles. The van der Waals surface area contributed by atoms with Crippen molar-refractivity contribution in [1.82, 2.24) is 9.80 Å². The van der Waals surface area contributed by atoms with Gasteiger partial charge in [-0.2, -0.15) is 0 Å². The Morgan fingerprint density at radius 2 is 1.59 bits per heavy atom. The third kappa shape index (κ3) is 4.19. The molecule has 0 amide bonds. The lowest BCUT2D eigenvalue weighted by molar-refractivity contribution is 0.330. The van der Waals surface area contributed by atoms with Gasteiger partial charge in [-0.1, -0.05) is 0 Å². The average molecular weight is 238 g/mol. The Kier molecular flexibility index (Phi) is 5.10. The van der Waals surface area contributed by atoms with Crippen molar-refractivity contribution < 1.29 is 0 Å². The predicted molar refractivity (Wildman–Crippen MR) is 72.2 cm³/mol. The fourth-order valence-corrected chi connectivity index (χ4v) is 2.72. The number of piperidine rings is 1. The normalized spacial score (nSPS) is 23.3. The standard InChI is InChI=1S/C13H26N4/c14-13(17-11-2-1-3-12-17)15-7-6-10-16-8-4-5-9-16/h1-12H2,(H2,14,15). The van der Waals surface area contributed by atoms with Gasteiger partial charge in [0.1, 0.15) is 0 Å². The summed E-state index contributed by atoms with van der Waals surface area (Å²) < 4.78 is 0. The van der Waals surface area contributed by atoms with E-state index in [9.17, 15) is 0 Å². The highest BCUT2D eigenvalue weighted by molar-refractivity contribution is 5.78. The zero-order valence-electron chi connectivity index (χ0n) is 10.9. The van der Waals surface area contributed by atoms with Crippen LogP contribution in [0.2, 0.25) is 0 Å². The number of rotatable bonds is 4. The molecule has 2 N–H and O–H groups in total. The molecular weight excluding hydrogens is 212 g/mol. The van der Waals surface area contributed by atoms with Gasteiger partial charge < -0.3 is 15.5 Å². The zero-order chi connectivity index (χ0) is 11.9. The maximum Gasteiger partial charge on any atom is 0.191 e. The van der Waals surface area contributed by atoms with E-state index in [0.29, 0.717) is 0 Å². The van der Waals surface area contributed by atoms with E-state index in [1.165, 1.54) is 51.7 Å². The van der Waals surface area contributed by atoms with Crippen molar-refractivity contribution in [1.29, 1.82) is 0 Å². The zero-order valence-corrected chi connectivity index (χ0v) is 10.9. The largest absolute Gasteiger partial charge is 0.370 e. The minimum atomic E-state index is 0.770. The molecule has 0 unspecified atom stereocenters. The lowest BCUT2D eigenvalue weighted by atomic mass is 10.1. The van der Waals surface area contributed by atoms with Crippen molar-refractivity contribution in [3.8, 4) is 0 Å². The van der Waals surface area contributed by atoms with Crippen LogP contribution in [0.5, 0.6) is 0 Å². The van der Waals surface area contributed by atoms with Crippen molar-refractivity contribution in [2.45, 2.75) is 38.5 Å². The highest BCUT2D eigenvalue weighted by Gasteiger charge is 2.12. The molecule has 4 nitrogen and oxygen atoms in total. The number of nitrogens with two attached hydrogens (primary N) is 1. The van der Waals surface area contributed by atoms with E-state index in [1.807, 2.05) is 0 Å². The molecule has 0 saturated carbocycles. The summed E-state index contributed by atoms with van der Waals surface area (Å²) in [7, 11) is 0. The first-order valence-corrected chi connectivity index (χ1v) is 7.13. The van der Waals surface area contributed by atoms with Crippen molar-refractivity contribution >= 4 is 5.96 Å². The van der Waals surface area contributed by atoms with Gasteiger partial charge in [-0.3, -0.25) is 4.99 Å². The number of aliphatic imine (C=N–C) groups is 1. The lowest BCUT2D eigenvalue weighted by Crippen LogP contribution is -2.41. The summed E-state index contributed by atoms with van der Waals surface area (Å²) in [6.45, 7) is 6.84. The van der Waals surface area contributed by atoms with Gasteiger partial charge in [0.25, 0.3) is 0 Å². The molecule has 0 aromatic carbocycles. The van der Waals surface area contributed by atoms with E-state index < -0.39 is 0 Å². The molecule has 2 aliphatic rings. The Morgan fingerprint density at radius 1 is 0.941 bits per heavy atom. The topological polar surface area (TPSA) is 44.9 Å². The van der Waals surface area contributed by atoms with E-state index in [-0.39, 0.29) is 0 Å². The predicted octanol–water partition coefficient (Wildman–Crippen LogP) is 1.27. The summed E-state index contributed by atoms with van der Waals surface area (Å²) in [6, 6.07) is 0. The number of nitrogens with zero attached hydrogens (tertiary/aromatic N) is 3. The lowest BCUT2D eigenvalue weighted by Gasteiger charge is -2.27. The van der Waals surface area contributed by atoms with Crippen LogP contribution in [0.1, 0.15) is 38.5 Å². The fourth-order valence-electron chi connectivity index (χ4n) is 2.72. The summed E-state index contributed by atoms with van der Waals surface area (Å²) in [5.74, 6) is 0.770. The second-order valence-electron chi connectivity index (χ2n) is 5.19. The number of hydrogen-bond donors (Lipinski definition) is 1. The summed E-state index contributed by atoms with van der Waals surface area (Å²) in [5.41, 5.74) is 6.00. The van der Waals surface area contributed by atoms with Crippen molar-refractivity contribution in [2.24, 2.45) is 10.7 Å². The Balaban J connectivity index is 1.61. The highest BCUT2D eigenvalue weighted by atomic mass is 15.3. The third-order valence-corrected chi connectivity index (χ3v) is 3.78. The second kappa shape index (κ2) is 6.84. The van der Waals surface area contributed by atoms with E-state index >= 15 is 0 Å². The SMILES string of the molecule is NC(=NCCCN1CCCC1)N1CCCCC1. The first-order valence-electron chi connectivity index (χ1n) is 7.13. The summed E-state index contributed by atoms with van der Waals surface area (Å²) in [5, 5.41) is 0. The van der Waals surface area contributed by atoms with Gasteiger partial charge in [-0.05, 0) is 58.2 Å². The molecule has 2 heterocycles. The van der Waals surface area contributed by atoms with Gasteiger partial charge in [-0.15, -0.1) is 0 Å². The molecule has 2 fully saturated rings. The van der Waals surface area contributed by atoms with E-state index in [4.69, 9.17) is 5.73 Å². The van der Waals surface area contributed by atoms with Crippen LogP contribution < -0.4 is 5.73 Å². The molecule has 0 aromatic heterocycles. The van der Waals surface area contributed by atoms with Gasteiger partial charge >= 0.3 is 0 Å². The Hall–Kier alpha value is -0.770. The molecule has 0 radical (unpaired) electrons. The van der Waals surface area contributed by atoms with Crippen LogP contribution in [-0.2, 0) is 0 Å². The van der Waals surface area contributed by atoms with Gasteiger partial charge in [0, 0.05) is 19.6 Å². The average Bonchev–Trinajstić information content (AvgIpc) is 2.88. The molecule has 0 spiro atoms. The molecule has 17 heavy (non-hydrogen) atoms. The Morgan fingerprint density at radius 3 is 2.29 bits per heavy atom. The minimum Gasteiger partial charge on any atom is -0.370 e. The molecule has 98 valence electrons. The number of guanidine groups is 1. The smallest absolute Gasteiger partial charge is 0.191 e. The highest BCUT2D eigenvalue weighted by Crippen LogP contribution is 2.09. The molecule has 2 rings (SSSR count). The minimum absolute atomic E-state index is 0.770. The third-order valence-electron chi connectivity index (χ3n) is 3.78. The maximum atomic E-state index is 6.00. The molecule has 0 aliphatic carbocycles. The van der Waals surface area contributed by atoms with Crippen LogP contribution in [-0.4, -0.2) is 55.0 Å². The first-order chi connectivity index (χ1) is 8.36. The van der Waals surface area contributed by atoms with Crippen LogP contribution in [0.4, 0.5) is 0 Å². The number of hydrogen-bond acceptors (Lipinski definition) is 2. The van der Waals surface area contributed by atoms with E-state index in [2.05, 4.69) is 14.8 Å². The molecule has 4 heteroatoms. The monoisotopic (exact) mass is 238 g/mol. The van der Waals surface area contributed by atoms with E-state index in [1.54, 1.807) is 0 Å². The van der Waals surface area contributed by atoms with Gasteiger partial charge in [0.2, 0.25) is 0 Å². The summed E-state index contributed by atoms with van der Waals surface area (Å²) in [4.78, 5) is 9.27. The van der Waals surface area contributed by atoms with Crippen LogP contribution >= 0.6 is 0 Å². The van der Waals surface area contributed by atoms with Crippen LogP contribution in [0.15, 0.2) is 4.99 Å². The van der Waals surface area contributed by atoms with E-state index in [0.717, 1.165) is 32.0 Å².